The molecule has 1 amide bonds. The molecule has 71 heavy (non-hydrogen) atoms. The second-order valence-corrected chi connectivity index (χ2v) is 16.9. The third-order valence-corrected chi connectivity index (χ3v) is 11.8. The van der Waals surface area contributed by atoms with Crippen LogP contribution in [0.15, 0.2) is 180 Å². The molecular weight excluding hydrogens is 917 g/mol. The number of aromatic nitrogens is 4. The van der Waals surface area contributed by atoms with Crippen LogP contribution in [-0.2, 0) is 32.0 Å². The van der Waals surface area contributed by atoms with Crippen LogP contribution in [0.5, 0.6) is 0 Å². The standard InChI is InChI=1S/2C20H15F3N4.C15H13NO/c1-13-6-8-24-17(10-13)26-19-16-5-3-2-4-14(16)12-27(19)18-11-15(7-9-25-18)20(21,22)23;1-13-6-8-17(24-10-13)26-19-16-5-3-2-4-14(16)12-27(19)18-9-7-15(11-25-18)20(21,22)23;1-11-6-8-13(9-7-11)16-10-12-4-2-3-5-14(12)15(16)17/h2*2-11H,12H2,1H3;2-9H,10H2,1H3. The Kier molecular flexibility index (Phi) is 13.3. The molecule has 0 saturated heterocycles. The quantitative estimate of drug-likeness (QED) is 0.158. The van der Waals surface area contributed by atoms with Crippen molar-refractivity contribution in [3.8, 4) is 0 Å². The van der Waals surface area contributed by atoms with Crippen molar-refractivity contribution in [1.82, 2.24) is 19.9 Å². The van der Waals surface area contributed by atoms with E-state index in [0.29, 0.717) is 48.8 Å². The number of anilines is 3. The summed E-state index contributed by atoms with van der Waals surface area (Å²) in [5.41, 5.74) is 8.40. The third-order valence-electron chi connectivity index (χ3n) is 11.8. The van der Waals surface area contributed by atoms with E-state index in [4.69, 9.17) is 0 Å². The van der Waals surface area contributed by atoms with E-state index in [0.717, 1.165) is 74.6 Å². The average Bonchev–Trinajstić information content (AvgIpc) is 4.03. The van der Waals surface area contributed by atoms with Gasteiger partial charge in [0.25, 0.3) is 5.91 Å². The Hall–Kier alpha value is -8.53. The predicted molar refractivity (Wildman–Crippen MR) is 262 cm³/mol. The molecule has 0 atom stereocenters. The van der Waals surface area contributed by atoms with E-state index < -0.39 is 23.5 Å². The van der Waals surface area contributed by atoms with Crippen LogP contribution in [0, 0.1) is 20.8 Å². The Morgan fingerprint density at radius 3 is 1.56 bits per heavy atom. The van der Waals surface area contributed by atoms with Gasteiger partial charge in [-0.2, -0.15) is 26.3 Å². The second kappa shape index (κ2) is 19.8. The second-order valence-electron chi connectivity index (χ2n) is 16.9. The number of amides is 1. The highest BCUT2D eigenvalue weighted by molar-refractivity contribution is 6.15. The molecule has 356 valence electrons. The normalized spacial score (nSPS) is 14.9. The van der Waals surface area contributed by atoms with Crippen molar-refractivity contribution in [2.24, 2.45) is 9.98 Å². The molecule has 0 fully saturated rings. The number of rotatable bonds is 5. The molecule has 4 aromatic heterocycles. The minimum Gasteiger partial charge on any atom is -0.306 e. The monoisotopic (exact) mass is 959 g/mol. The van der Waals surface area contributed by atoms with Gasteiger partial charge in [-0.1, -0.05) is 90.5 Å². The predicted octanol–water partition coefficient (Wildman–Crippen LogP) is 13.0. The van der Waals surface area contributed by atoms with E-state index in [2.05, 4.69) is 29.9 Å². The van der Waals surface area contributed by atoms with Gasteiger partial charge in [0.05, 0.1) is 30.8 Å². The van der Waals surface area contributed by atoms with Crippen molar-refractivity contribution in [2.45, 2.75) is 52.8 Å². The van der Waals surface area contributed by atoms with Gasteiger partial charge in [-0.25, -0.2) is 29.9 Å². The van der Waals surface area contributed by atoms with Gasteiger partial charge in [0.2, 0.25) is 0 Å². The van der Waals surface area contributed by atoms with Gasteiger partial charge in [-0.3, -0.25) is 4.79 Å². The van der Waals surface area contributed by atoms with Gasteiger partial charge in [-0.15, -0.1) is 0 Å². The summed E-state index contributed by atoms with van der Waals surface area (Å²) in [4.78, 5) is 43.5. The molecule has 10 nitrogen and oxygen atoms in total. The molecule has 0 spiro atoms. The first-order valence-corrected chi connectivity index (χ1v) is 22.4. The molecule has 4 aromatic carbocycles. The fourth-order valence-corrected chi connectivity index (χ4v) is 8.12. The van der Waals surface area contributed by atoms with Crippen LogP contribution in [0.1, 0.15) is 66.0 Å². The Morgan fingerprint density at radius 2 is 1.00 bits per heavy atom. The van der Waals surface area contributed by atoms with Crippen LogP contribution in [0.2, 0.25) is 0 Å². The summed E-state index contributed by atoms with van der Waals surface area (Å²) in [6, 6.07) is 43.0. The molecule has 3 aliphatic heterocycles. The summed E-state index contributed by atoms with van der Waals surface area (Å²) < 4.78 is 77.8. The molecule has 7 heterocycles. The minimum absolute atomic E-state index is 0.101. The van der Waals surface area contributed by atoms with Crippen molar-refractivity contribution < 1.29 is 31.1 Å². The Bertz CT molecular complexity index is 3280. The van der Waals surface area contributed by atoms with Gasteiger partial charge in [0.15, 0.2) is 11.6 Å². The number of halogens is 6. The van der Waals surface area contributed by atoms with Gasteiger partial charge >= 0.3 is 12.4 Å². The molecule has 0 aliphatic carbocycles. The van der Waals surface area contributed by atoms with Crippen LogP contribution in [0.25, 0.3) is 0 Å². The van der Waals surface area contributed by atoms with Crippen LogP contribution in [0.4, 0.5) is 55.3 Å². The first-order valence-electron chi connectivity index (χ1n) is 22.4. The van der Waals surface area contributed by atoms with Crippen molar-refractivity contribution in [2.75, 3.05) is 14.7 Å². The lowest BCUT2D eigenvalue weighted by Crippen LogP contribution is -2.25. The highest BCUT2D eigenvalue weighted by Crippen LogP contribution is 2.36. The van der Waals surface area contributed by atoms with Crippen LogP contribution >= 0.6 is 0 Å². The highest BCUT2D eigenvalue weighted by atomic mass is 19.4. The summed E-state index contributed by atoms with van der Waals surface area (Å²) in [7, 11) is 0. The molecule has 11 rings (SSSR count). The molecule has 0 saturated carbocycles. The fourth-order valence-electron chi connectivity index (χ4n) is 8.12. The van der Waals surface area contributed by atoms with E-state index in [1.807, 2.05) is 147 Å². The number of carbonyl (C=O) groups is 1. The molecule has 0 unspecified atom stereocenters. The highest BCUT2D eigenvalue weighted by Gasteiger charge is 2.35. The smallest absolute Gasteiger partial charge is 0.306 e. The number of hydrogen-bond donors (Lipinski definition) is 0. The summed E-state index contributed by atoms with van der Waals surface area (Å²) in [6.45, 7) is 7.48. The molecule has 3 aliphatic rings. The van der Waals surface area contributed by atoms with Crippen molar-refractivity contribution in [3.05, 3.63) is 232 Å². The summed E-state index contributed by atoms with van der Waals surface area (Å²) in [5.74, 6) is 2.90. The van der Waals surface area contributed by atoms with Crippen LogP contribution in [-0.4, -0.2) is 37.5 Å². The first kappa shape index (κ1) is 47.5. The topological polar surface area (TPSA) is 103 Å². The third kappa shape index (κ3) is 10.7. The van der Waals surface area contributed by atoms with E-state index >= 15 is 0 Å². The lowest BCUT2D eigenvalue weighted by molar-refractivity contribution is -0.138. The Balaban J connectivity index is 0.000000136. The van der Waals surface area contributed by atoms with Gasteiger partial charge in [0.1, 0.15) is 23.3 Å². The van der Waals surface area contributed by atoms with Gasteiger partial charge in [-0.05, 0) is 109 Å². The maximum Gasteiger partial charge on any atom is 0.417 e. The number of nitrogens with zero attached hydrogens (tertiary/aromatic N) is 9. The van der Waals surface area contributed by atoms with Gasteiger partial charge in [0, 0.05) is 47.2 Å². The lowest BCUT2D eigenvalue weighted by Gasteiger charge is -2.19. The summed E-state index contributed by atoms with van der Waals surface area (Å²) >= 11 is 0. The number of aryl methyl sites for hydroxylation is 3. The molecule has 8 aromatic rings. The zero-order valence-electron chi connectivity index (χ0n) is 38.5. The van der Waals surface area contributed by atoms with Crippen LogP contribution < -0.4 is 14.7 Å². The number of alkyl halides is 6. The van der Waals surface area contributed by atoms with Crippen LogP contribution in [0.3, 0.4) is 0 Å². The number of amidine groups is 2. The number of fused-ring (bicyclic) bond motifs is 3. The van der Waals surface area contributed by atoms with Crippen molar-refractivity contribution >= 4 is 46.5 Å². The number of benzene rings is 4. The minimum atomic E-state index is -4.43. The zero-order chi connectivity index (χ0) is 49.9. The summed E-state index contributed by atoms with van der Waals surface area (Å²) in [6.07, 6.45) is -3.45. The zero-order valence-corrected chi connectivity index (χ0v) is 38.5. The Labute approximate surface area is 405 Å². The largest absolute Gasteiger partial charge is 0.417 e. The maximum absolute atomic E-state index is 13.1. The Morgan fingerprint density at radius 1 is 0.451 bits per heavy atom. The molecule has 0 N–H and O–H groups in total. The van der Waals surface area contributed by atoms with E-state index in [1.54, 1.807) is 22.2 Å². The number of pyridine rings is 4. The number of carbonyl (C=O) groups excluding carboxylic acids is 1. The number of aliphatic imine (C=N–C) groups is 2. The SMILES string of the molecule is Cc1ccc(N2Cc3ccccc3C2=O)cc1.Cc1ccc(N=C2c3ccccc3CN2c2ccc(C(F)(F)F)cn2)nc1.Cc1ccnc(N=C2c3ccccc3CN2c2cc(C(F)(F)F)ccn2)c1. The van der Waals surface area contributed by atoms with E-state index in [1.165, 1.54) is 17.8 Å². The molecule has 16 heteroatoms. The molecular formula is C55H43F6N9O. The fraction of sp³-hybridized carbons (Fsp3) is 0.145. The molecule has 0 bridgehead atoms. The van der Waals surface area contributed by atoms with E-state index in [-0.39, 0.29) is 11.7 Å². The average molecular weight is 960 g/mol. The van der Waals surface area contributed by atoms with Gasteiger partial charge < -0.3 is 14.7 Å². The van der Waals surface area contributed by atoms with E-state index in [9.17, 15) is 31.1 Å². The number of hydrogen-bond acceptors (Lipinski definition) is 7. The lowest BCUT2D eigenvalue weighted by atomic mass is 10.1. The maximum atomic E-state index is 13.1. The molecule has 0 radical (unpaired) electrons. The first-order chi connectivity index (χ1) is 34.1. The van der Waals surface area contributed by atoms with Crippen molar-refractivity contribution in [1.29, 1.82) is 0 Å². The summed E-state index contributed by atoms with van der Waals surface area (Å²) in [5, 5.41) is 0. The van der Waals surface area contributed by atoms with Crippen molar-refractivity contribution in [3.63, 3.8) is 0 Å².